The average Bonchev–Trinajstić information content (AvgIpc) is 2.98. The number of phenolic OH excluding ortho intramolecular Hbond substituents is 2. The fourth-order valence-corrected chi connectivity index (χ4v) is 3.19. The summed E-state index contributed by atoms with van der Waals surface area (Å²) in [5, 5.41) is 25.9. The van der Waals surface area contributed by atoms with E-state index in [1.165, 1.54) is 35.6 Å². The molecule has 0 saturated carbocycles. The molecule has 0 spiro atoms. The van der Waals surface area contributed by atoms with Crippen LogP contribution in [0, 0.1) is 5.82 Å². The summed E-state index contributed by atoms with van der Waals surface area (Å²) < 4.78 is 14.8. The first-order chi connectivity index (χ1) is 12.0. The molecule has 3 aromatic rings. The normalized spacial score (nSPS) is 12.6. The van der Waals surface area contributed by atoms with Crippen LogP contribution in [0.2, 0.25) is 0 Å². The highest BCUT2D eigenvalue weighted by molar-refractivity contribution is 7.07. The van der Waals surface area contributed by atoms with E-state index in [9.17, 15) is 14.6 Å². The van der Waals surface area contributed by atoms with Gasteiger partial charge in [-0.15, -0.1) is 11.3 Å². The Kier molecular flexibility index (Phi) is 4.67. The van der Waals surface area contributed by atoms with E-state index in [0.29, 0.717) is 16.1 Å². The van der Waals surface area contributed by atoms with Gasteiger partial charge < -0.3 is 10.2 Å². The largest absolute Gasteiger partial charge is 0.508 e. The summed E-state index contributed by atoms with van der Waals surface area (Å²) in [5.41, 5.74) is 2.63. The van der Waals surface area contributed by atoms with Gasteiger partial charge in [-0.1, -0.05) is 0 Å². The van der Waals surface area contributed by atoms with Crippen molar-refractivity contribution in [3.63, 3.8) is 0 Å². The summed E-state index contributed by atoms with van der Waals surface area (Å²) in [6.07, 6.45) is 0. The van der Waals surface area contributed by atoms with Crippen molar-refractivity contribution in [1.82, 2.24) is 4.68 Å². The second-order valence-corrected chi connectivity index (χ2v) is 6.17. The third-order valence-corrected chi connectivity index (χ3v) is 4.55. The number of halogens is 1. The van der Waals surface area contributed by atoms with E-state index in [-0.39, 0.29) is 17.3 Å². The van der Waals surface area contributed by atoms with Crippen molar-refractivity contribution in [2.75, 3.05) is 7.05 Å². The monoisotopic (exact) mass is 357 g/mol. The molecule has 2 aromatic carbocycles. The van der Waals surface area contributed by atoms with Gasteiger partial charge in [0, 0.05) is 29.6 Å². The molecule has 1 aromatic heterocycles. The lowest BCUT2D eigenvalue weighted by Crippen LogP contribution is -2.13. The van der Waals surface area contributed by atoms with Crippen LogP contribution in [0.4, 0.5) is 4.39 Å². The minimum Gasteiger partial charge on any atom is -0.508 e. The van der Waals surface area contributed by atoms with Crippen LogP contribution in [-0.2, 0) is 0 Å². The molecule has 5 nitrogen and oxygen atoms in total. The number of hydrogen-bond acceptors (Lipinski definition) is 5. The molecule has 0 aliphatic carbocycles. The quantitative estimate of drug-likeness (QED) is 0.704. The van der Waals surface area contributed by atoms with Gasteiger partial charge in [0.05, 0.1) is 11.4 Å². The summed E-state index contributed by atoms with van der Waals surface area (Å²) >= 11 is 1.41. The first kappa shape index (κ1) is 16.9. The minimum absolute atomic E-state index is 0.0199. The highest BCUT2D eigenvalue weighted by atomic mass is 32.1. The predicted octanol–water partition coefficient (Wildman–Crippen LogP) is 3.57. The third-order valence-electron chi connectivity index (χ3n) is 3.64. The zero-order chi connectivity index (χ0) is 18.0. The summed E-state index contributed by atoms with van der Waals surface area (Å²) in [4.78, 5) is 4.88. The molecule has 0 unspecified atom stereocenters. The second-order valence-electron chi connectivity index (χ2n) is 5.33. The van der Waals surface area contributed by atoms with Crippen molar-refractivity contribution < 1.29 is 14.6 Å². The minimum atomic E-state index is -0.306. The van der Waals surface area contributed by atoms with Crippen molar-refractivity contribution >= 4 is 17.0 Å². The molecule has 0 saturated heterocycles. The zero-order valence-corrected chi connectivity index (χ0v) is 14.5. The van der Waals surface area contributed by atoms with Gasteiger partial charge >= 0.3 is 0 Å². The highest BCUT2D eigenvalue weighted by Crippen LogP contribution is 2.24. The number of thiazole rings is 1. The molecule has 0 aliphatic heterocycles. The standard InChI is InChI=1S/C18H16FN3O2S/c1-11(15-8-7-14(23)9-17(15)24)21-22-16(10-25-18(22)20-2)12-3-5-13(19)6-4-12/h3-10,23-24H,1-2H3. The Bertz CT molecular complexity index is 1000. The Morgan fingerprint density at radius 3 is 2.48 bits per heavy atom. The summed E-state index contributed by atoms with van der Waals surface area (Å²) in [7, 11) is 1.67. The van der Waals surface area contributed by atoms with Gasteiger partial charge in [0.1, 0.15) is 17.3 Å². The van der Waals surface area contributed by atoms with E-state index in [2.05, 4.69) is 10.1 Å². The molecule has 7 heteroatoms. The molecule has 0 amide bonds. The highest BCUT2D eigenvalue weighted by Gasteiger charge is 2.10. The maximum absolute atomic E-state index is 13.2. The van der Waals surface area contributed by atoms with E-state index < -0.39 is 0 Å². The molecular weight excluding hydrogens is 341 g/mol. The van der Waals surface area contributed by atoms with E-state index in [1.807, 2.05) is 5.38 Å². The van der Waals surface area contributed by atoms with E-state index in [0.717, 1.165) is 11.3 Å². The maximum atomic E-state index is 13.2. The molecule has 0 atom stereocenters. The van der Waals surface area contributed by atoms with Crippen LogP contribution in [-0.4, -0.2) is 27.6 Å². The fraction of sp³-hybridized carbons (Fsp3) is 0.111. The van der Waals surface area contributed by atoms with Gasteiger partial charge in [-0.05, 0) is 43.3 Å². The Balaban J connectivity index is 2.13. The van der Waals surface area contributed by atoms with Crippen molar-refractivity contribution in [3.8, 4) is 22.8 Å². The van der Waals surface area contributed by atoms with Crippen molar-refractivity contribution in [2.45, 2.75) is 6.92 Å². The van der Waals surface area contributed by atoms with Gasteiger partial charge in [-0.3, -0.25) is 4.99 Å². The average molecular weight is 357 g/mol. The first-order valence-corrected chi connectivity index (χ1v) is 8.35. The van der Waals surface area contributed by atoms with Crippen LogP contribution >= 0.6 is 11.3 Å². The summed E-state index contributed by atoms with van der Waals surface area (Å²) in [6, 6.07) is 10.5. The zero-order valence-electron chi connectivity index (χ0n) is 13.6. The molecule has 128 valence electrons. The fourth-order valence-electron chi connectivity index (χ4n) is 2.40. The maximum Gasteiger partial charge on any atom is 0.205 e. The van der Waals surface area contributed by atoms with Gasteiger partial charge in [0.2, 0.25) is 4.80 Å². The number of rotatable bonds is 3. The molecule has 1 heterocycles. The van der Waals surface area contributed by atoms with E-state index in [4.69, 9.17) is 0 Å². The number of benzene rings is 2. The predicted molar refractivity (Wildman–Crippen MR) is 96.6 cm³/mol. The molecule has 2 N–H and O–H groups in total. The van der Waals surface area contributed by atoms with Crippen molar-refractivity contribution in [3.05, 3.63) is 64.0 Å². The molecule has 3 rings (SSSR count). The molecule has 0 radical (unpaired) electrons. The molecule has 0 fully saturated rings. The molecular formula is C18H16FN3O2S. The molecule has 25 heavy (non-hydrogen) atoms. The van der Waals surface area contributed by atoms with Crippen LogP contribution in [0.5, 0.6) is 11.5 Å². The Hall–Kier alpha value is -2.93. The van der Waals surface area contributed by atoms with Gasteiger partial charge in [0.25, 0.3) is 0 Å². The topological polar surface area (TPSA) is 70.1 Å². The van der Waals surface area contributed by atoms with Crippen LogP contribution < -0.4 is 4.80 Å². The van der Waals surface area contributed by atoms with E-state index in [1.54, 1.807) is 36.8 Å². The van der Waals surface area contributed by atoms with Gasteiger partial charge in [-0.25, -0.2) is 9.07 Å². The lowest BCUT2D eigenvalue weighted by molar-refractivity contribution is 0.450. The second kappa shape index (κ2) is 6.90. The van der Waals surface area contributed by atoms with Crippen LogP contribution in [0.3, 0.4) is 0 Å². The molecule has 0 aliphatic rings. The third kappa shape index (κ3) is 3.46. The Morgan fingerprint density at radius 1 is 1.12 bits per heavy atom. The number of nitrogens with zero attached hydrogens (tertiary/aromatic N) is 3. The number of hydrogen-bond donors (Lipinski definition) is 2. The number of aromatic nitrogens is 1. The SMILES string of the molecule is CN=c1scc(-c2ccc(F)cc2)n1N=C(C)c1ccc(O)cc1O. The summed E-state index contributed by atoms with van der Waals surface area (Å²) in [5.74, 6) is -0.386. The molecule has 0 bridgehead atoms. The lowest BCUT2D eigenvalue weighted by Gasteiger charge is -2.08. The van der Waals surface area contributed by atoms with Crippen LogP contribution in [0.25, 0.3) is 11.3 Å². The van der Waals surface area contributed by atoms with Crippen LogP contribution in [0.15, 0.2) is 57.9 Å². The number of aromatic hydroxyl groups is 2. The summed E-state index contributed by atoms with van der Waals surface area (Å²) in [6.45, 7) is 1.75. The van der Waals surface area contributed by atoms with Crippen LogP contribution in [0.1, 0.15) is 12.5 Å². The first-order valence-electron chi connectivity index (χ1n) is 7.47. The van der Waals surface area contributed by atoms with Crippen molar-refractivity contribution in [2.24, 2.45) is 10.1 Å². The smallest absolute Gasteiger partial charge is 0.205 e. The Morgan fingerprint density at radius 2 is 1.84 bits per heavy atom. The van der Waals surface area contributed by atoms with Gasteiger partial charge in [-0.2, -0.15) is 5.10 Å². The number of phenols is 2. The van der Waals surface area contributed by atoms with Gasteiger partial charge in [0.15, 0.2) is 0 Å². The van der Waals surface area contributed by atoms with E-state index >= 15 is 0 Å². The van der Waals surface area contributed by atoms with Crippen molar-refractivity contribution in [1.29, 1.82) is 0 Å². The Labute approximate surface area is 147 Å². The lowest BCUT2D eigenvalue weighted by atomic mass is 10.1.